The van der Waals surface area contributed by atoms with Gasteiger partial charge in [0, 0.05) is 11.6 Å². The fourth-order valence-corrected chi connectivity index (χ4v) is 6.06. The Morgan fingerprint density at radius 3 is 2.09 bits per heavy atom. The van der Waals surface area contributed by atoms with E-state index < -0.39 is 81.3 Å². The van der Waals surface area contributed by atoms with Crippen molar-refractivity contribution < 1.29 is 36.3 Å². The molecule has 232 valence electrons. The molecule has 3 aromatic rings. The molecule has 0 aromatic heterocycles. The van der Waals surface area contributed by atoms with Crippen LogP contribution >= 0.6 is 58.0 Å². The third-order valence-electron chi connectivity index (χ3n) is 7.42. The van der Waals surface area contributed by atoms with Crippen LogP contribution in [0.4, 0.5) is 39.0 Å². The van der Waals surface area contributed by atoms with E-state index in [-0.39, 0.29) is 21.3 Å². The first-order valence-electron chi connectivity index (χ1n) is 12.6. The molecule has 6 nitrogen and oxygen atoms in total. The van der Waals surface area contributed by atoms with Crippen molar-refractivity contribution in [3.63, 3.8) is 0 Å². The largest absolute Gasteiger partial charge is 0.403 e. The molecule has 0 aliphatic heterocycles. The average molecular weight is 716 g/mol. The highest BCUT2D eigenvalue weighted by molar-refractivity contribution is 6.53. The molecule has 44 heavy (non-hydrogen) atoms. The number of rotatable bonds is 7. The van der Waals surface area contributed by atoms with Crippen LogP contribution in [0.3, 0.4) is 0 Å². The van der Waals surface area contributed by atoms with Crippen molar-refractivity contribution in [1.29, 1.82) is 0 Å². The van der Waals surface area contributed by atoms with E-state index in [0.29, 0.717) is 16.7 Å². The number of hydrogen-bond acceptors (Lipinski definition) is 3. The molecule has 3 aromatic carbocycles. The first kappa shape index (κ1) is 32.6. The molecule has 3 amide bonds. The summed E-state index contributed by atoms with van der Waals surface area (Å²) in [5, 5.41) is 6.81. The van der Waals surface area contributed by atoms with Gasteiger partial charge < -0.3 is 16.0 Å². The molecule has 2 fully saturated rings. The number of alkyl halides is 5. The van der Waals surface area contributed by atoms with E-state index in [4.69, 9.17) is 58.0 Å². The normalized spacial score (nSPS) is 19.6. The van der Waals surface area contributed by atoms with Crippen LogP contribution in [0.2, 0.25) is 15.1 Å². The average Bonchev–Trinajstić information content (AvgIpc) is 3.85. The molecule has 2 aliphatic rings. The van der Waals surface area contributed by atoms with Gasteiger partial charge in [0.2, 0.25) is 11.8 Å². The Morgan fingerprint density at radius 2 is 1.48 bits per heavy atom. The second-order valence-corrected chi connectivity index (χ2v) is 12.9. The lowest BCUT2D eigenvalue weighted by Gasteiger charge is -2.19. The lowest BCUT2D eigenvalue weighted by atomic mass is 10.1. The van der Waals surface area contributed by atoms with Crippen LogP contribution in [0, 0.1) is 23.0 Å². The van der Waals surface area contributed by atoms with E-state index in [2.05, 4.69) is 10.6 Å². The maximum Gasteiger partial charge on any atom is 0.403 e. The first-order chi connectivity index (χ1) is 20.5. The second-order valence-electron chi connectivity index (χ2n) is 10.3. The number of halogens is 10. The lowest BCUT2D eigenvalue weighted by molar-refractivity contribution is -0.189. The van der Waals surface area contributed by atoms with Gasteiger partial charge in [-0.2, -0.15) is 13.2 Å². The summed E-state index contributed by atoms with van der Waals surface area (Å²) in [6.45, 7) is 0. The SMILES string of the molecule is O=C(Nc1ccc(F)c(NC(=O)C2(C(F)(F)F)CC2)c1F)c1cc(NC(=O)[C@H]2[C@H](c3ccc(Cl)c(Cl)c3)C2(Cl)Cl)ccc1Cl. The van der Waals surface area contributed by atoms with Crippen LogP contribution in [0.15, 0.2) is 48.5 Å². The van der Waals surface area contributed by atoms with E-state index in [1.165, 1.54) is 30.3 Å². The predicted octanol–water partition coefficient (Wildman–Crippen LogP) is 8.98. The van der Waals surface area contributed by atoms with Gasteiger partial charge in [-0.25, -0.2) is 8.78 Å². The fraction of sp³-hybridized carbons (Fsp3) is 0.250. The van der Waals surface area contributed by atoms with Crippen LogP contribution in [0.5, 0.6) is 0 Å². The van der Waals surface area contributed by atoms with Crippen molar-refractivity contribution in [2.75, 3.05) is 16.0 Å². The van der Waals surface area contributed by atoms with Gasteiger partial charge in [0.1, 0.15) is 21.3 Å². The van der Waals surface area contributed by atoms with Gasteiger partial charge in [0.25, 0.3) is 5.91 Å². The van der Waals surface area contributed by atoms with Crippen molar-refractivity contribution >= 4 is 92.8 Å². The number of nitrogens with one attached hydrogen (secondary N) is 3. The zero-order chi connectivity index (χ0) is 32.4. The van der Waals surface area contributed by atoms with Crippen molar-refractivity contribution in [3.05, 3.63) is 86.4 Å². The molecular formula is C28H17Cl5F5N3O3. The minimum Gasteiger partial charge on any atom is -0.326 e. The third-order valence-corrected chi connectivity index (χ3v) is 9.43. The Balaban J connectivity index is 1.31. The van der Waals surface area contributed by atoms with E-state index in [1.54, 1.807) is 11.4 Å². The lowest BCUT2D eigenvalue weighted by Crippen LogP contribution is -2.37. The quantitative estimate of drug-likeness (QED) is 0.169. The Kier molecular flexibility index (Phi) is 8.52. The molecule has 2 atom stereocenters. The van der Waals surface area contributed by atoms with Crippen molar-refractivity contribution in [3.8, 4) is 0 Å². The molecule has 0 saturated heterocycles. The van der Waals surface area contributed by atoms with Gasteiger partial charge >= 0.3 is 6.18 Å². The fourth-order valence-electron chi connectivity index (χ4n) is 4.72. The van der Waals surface area contributed by atoms with Gasteiger partial charge in [-0.1, -0.05) is 40.9 Å². The third kappa shape index (κ3) is 5.92. The monoisotopic (exact) mass is 713 g/mol. The minimum atomic E-state index is -4.91. The van der Waals surface area contributed by atoms with Crippen LogP contribution < -0.4 is 16.0 Å². The number of hydrogen-bond donors (Lipinski definition) is 3. The zero-order valence-corrected chi connectivity index (χ0v) is 25.5. The summed E-state index contributed by atoms with van der Waals surface area (Å²) in [5.41, 5.74) is -4.16. The van der Waals surface area contributed by atoms with E-state index in [0.717, 1.165) is 6.07 Å². The van der Waals surface area contributed by atoms with Crippen LogP contribution in [0.1, 0.15) is 34.7 Å². The first-order valence-corrected chi connectivity index (χ1v) is 14.5. The van der Waals surface area contributed by atoms with Crippen molar-refractivity contribution in [1.82, 2.24) is 0 Å². The summed E-state index contributed by atoms with van der Waals surface area (Å²) in [6, 6.07) is 9.98. The van der Waals surface area contributed by atoms with Gasteiger partial charge in [-0.15, -0.1) is 23.2 Å². The number of carbonyl (C=O) groups excluding carboxylic acids is 3. The number of benzene rings is 3. The molecule has 0 radical (unpaired) electrons. The predicted molar refractivity (Wildman–Crippen MR) is 158 cm³/mol. The highest BCUT2D eigenvalue weighted by atomic mass is 35.5. The maximum absolute atomic E-state index is 15.1. The van der Waals surface area contributed by atoms with Crippen LogP contribution in [-0.4, -0.2) is 28.2 Å². The molecule has 0 spiro atoms. The van der Waals surface area contributed by atoms with Crippen LogP contribution in [0.25, 0.3) is 0 Å². The van der Waals surface area contributed by atoms with Gasteiger partial charge in [0.15, 0.2) is 5.82 Å². The molecule has 0 unspecified atom stereocenters. The van der Waals surface area contributed by atoms with E-state index in [1.807, 2.05) is 0 Å². The summed E-state index contributed by atoms with van der Waals surface area (Å²) in [4.78, 5) is 38.3. The Morgan fingerprint density at radius 1 is 0.818 bits per heavy atom. The Bertz CT molecular complexity index is 1710. The molecule has 0 bridgehead atoms. The minimum absolute atomic E-state index is 0.0860. The molecule has 0 heterocycles. The Labute approximate surface area is 271 Å². The summed E-state index contributed by atoms with van der Waals surface area (Å²) >= 11 is 30.9. The smallest absolute Gasteiger partial charge is 0.326 e. The zero-order valence-electron chi connectivity index (χ0n) is 21.7. The molecule has 16 heteroatoms. The standard InChI is InChI=1S/C28H17Cl5F5N3O3/c29-14-4-2-12(39-24(43)20-19(27(20,32)33)11-1-3-15(30)16(31)9-11)10-13(14)23(42)40-18-6-5-17(34)22(21(18)35)41-25(44)26(7-8-26)28(36,37)38/h1-6,9-10,19-20H,7-8H2,(H,39,43)(H,40,42)(H,41,44)/t19-,20+/m0/s1. The molecule has 3 N–H and O–H groups in total. The summed E-state index contributed by atoms with van der Waals surface area (Å²) in [7, 11) is 0. The van der Waals surface area contributed by atoms with Crippen molar-refractivity contribution in [2.45, 2.75) is 29.3 Å². The van der Waals surface area contributed by atoms with E-state index >= 15 is 4.39 Å². The number of amides is 3. The summed E-state index contributed by atoms with van der Waals surface area (Å²) in [5.74, 6) is -7.66. The second kappa shape index (κ2) is 11.5. The topological polar surface area (TPSA) is 87.3 Å². The number of anilines is 3. The number of carbonyl (C=O) groups is 3. The highest BCUT2D eigenvalue weighted by Crippen LogP contribution is 2.65. The van der Waals surface area contributed by atoms with Crippen molar-refractivity contribution in [2.24, 2.45) is 11.3 Å². The van der Waals surface area contributed by atoms with Crippen LogP contribution in [-0.2, 0) is 9.59 Å². The Hall–Kier alpha value is -2.83. The highest BCUT2D eigenvalue weighted by Gasteiger charge is 2.69. The van der Waals surface area contributed by atoms with Gasteiger partial charge in [0.05, 0.1) is 32.2 Å². The van der Waals surface area contributed by atoms with Gasteiger partial charge in [-0.3, -0.25) is 14.4 Å². The summed E-state index contributed by atoms with van der Waals surface area (Å²) < 4.78 is 67.9. The molecule has 5 rings (SSSR count). The van der Waals surface area contributed by atoms with Gasteiger partial charge in [-0.05, 0) is 60.9 Å². The molecule has 2 saturated carbocycles. The molecular weight excluding hydrogens is 699 g/mol. The molecule has 2 aliphatic carbocycles. The maximum atomic E-state index is 15.1. The summed E-state index contributed by atoms with van der Waals surface area (Å²) in [6.07, 6.45) is -5.96. The van der Waals surface area contributed by atoms with E-state index in [9.17, 15) is 31.9 Å².